The van der Waals surface area contributed by atoms with Crippen LogP contribution < -0.4 is 5.32 Å². The van der Waals surface area contributed by atoms with E-state index in [2.05, 4.69) is 19.2 Å². The lowest BCUT2D eigenvalue weighted by Gasteiger charge is -2.24. The van der Waals surface area contributed by atoms with Gasteiger partial charge in [-0.25, -0.2) is 0 Å². The van der Waals surface area contributed by atoms with E-state index in [0.29, 0.717) is 12.8 Å². The van der Waals surface area contributed by atoms with Crippen LogP contribution in [0.5, 0.6) is 0 Å². The van der Waals surface area contributed by atoms with Crippen molar-refractivity contribution in [1.82, 2.24) is 5.32 Å². The quantitative estimate of drug-likeness (QED) is 0.0380. The Morgan fingerprint density at radius 3 is 1.06 bits per heavy atom. The Labute approximate surface area is 292 Å². The molecule has 0 saturated heterocycles. The van der Waals surface area contributed by atoms with Crippen LogP contribution in [0.2, 0.25) is 0 Å². The fraction of sp³-hybridized carbons (Fsp3) is 0.974. The van der Waals surface area contributed by atoms with Crippen molar-refractivity contribution < 1.29 is 28.0 Å². The first kappa shape index (κ1) is 46.3. The van der Waals surface area contributed by atoms with Crippen molar-refractivity contribution in [2.75, 3.05) is 5.75 Å². The molecule has 0 aromatic carbocycles. The standard InChI is InChI=1S/C39H79NO6S/c1-3-5-7-9-11-13-15-16-17-18-19-20-21-22-24-25-27-29-31-33-37(41)36(35-47(44,45)46)40-39(43)38(42)34-32-30-28-26-23-14-12-10-8-6-4-2/h36-38,41-42H,3-35H2,1-2H3,(H,40,43)(H,44,45,46). The fourth-order valence-electron chi connectivity index (χ4n) is 6.52. The predicted octanol–water partition coefficient (Wildman–Crippen LogP) is 10.6. The van der Waals surface area contributed by atoms with Gasteiger partial charge in [0, 0.05) is 0 Å². The third-order valence-electron chi connectivity index (χ3n) is 9.67. The maximum Gasteiger partial charge on any atom is 0.266 e. The van der Waals surface area contributed by atoms with Crippen molar-refractivity contribution in [3.8, 4) is 0 Å². The van der Waals surface area contributed by atoms with Crippen molar-refractivity contribution in [3.05, 3.63) is 0 Å². The Kier molecular flexibility index (Phi) is 33.3. The topological polar surface area (TPSA) is 124 Å². The van der Waals surface area contributed by atoms with E-state index in [0.717, 1.165) is 51.4 Å². The fourth-order valence-corrected chi connectivity index (χ4v) is 7.28. The first-order valence-electron chi connectivity index (χ1n) is 20.3. The lowest BCUT2D eigenvalue weighted by atomic mass is 10.0. The van der Waals surface area contributed by atoms with E-state index in [4.69, 9.17) is 0 Å². The summed E-state index contributed by atoms with van der Waals surface area (Å²) in [6.07, 6.45) is 35.5. The van der Waals surface area contributed by atoms with Crippen LogP contribution in [0.1, 0.15) is 219 Å². The van der Waals surface area contributed by atoms with E-state index in [-0.39, 0.29) is 0 Å². The molecule has 0 radical (unpaired) electrons. The Bertz CT molecular complexity index is 777. The van der Waals surface area contributed by atoms with Crippen molar-refractivity contribution in [2.45, 2.75) is 238 Å². The number of hydrogen-bond donors (Lipinski definition) is 4. The second-order valence-electron chi connectivity index (χ2n) is 14.4. The monoisotopic (exact) mass is 690 g/mol. The minimum absolute atomic E-state index is 0.302. The third-order valence-corrected chi connectivity index (χ3v) is 10.4. The molecular formula is C39H79NO6S. The van der Waals surface area contributed by atoms with Gasteiger partial charge >= 0.3 is 0 Å². The van der Waals surface area contributed by atoms with Gasteiger partial charge in [-0.2, -0.15) is 8.42 Å². The van der Waals surface area contributed by atoms with Crippen LogP contribution in [0.25, 0.3) is 0 Å². The van der Waals surface area contributed by atoms with Crippen molar-refractivity contribution in [2.24, 2.45) is 0 Å². The molecule has 0 bridgehead atoms. The lowest BCUT2D eigenvalue weighted by molar-refractivity contribution is -0.131. The summed E-state index contributed by atoms with van der Waals surface area (Å²) in [7, 11) is -4.40. The van der Waals surface area contributed by atoms with Crippen molar-refractivity contribution in [1.29, 1.82) is 0 Å². The molecular weight excluding hydrogens is 610 g/mol. The zero-order valence-electron chi connectivity index (χ0n) is 31.0. The van der Waals surface area contributed by atoms with E-state index in [9.17, 15) is 28.0 Å². The Balaban J connectivity index is 3.92. The van der Waals surface area contributed by atoms with Gasteiger partial charge in [0.1, 0.15) is 6.10 Å². The molecule has 47 heavy (non-hydrogen) atoms. The number of unbranched alkanes of at least 4 members (excludes halogenated alkanes) is 28. The number of carbonyl (C=O) groups is 1. The van der Waals surface area contributed by atoms with Crippen LogP contribution in [-0.4, -0.2) is 53.1 Å². The number of carbonyl (C=O) groups excluding carboxylic acids is 1. The zero-order valence-corrected chi connectivity index (χ0v) is 31.9. The Morgan fingerprint density at radius 2 is 0.766 bits per heavy atom. The Hall–Kier alpha value is -0.700. The highest BCUT2D eigenvalue weighted by Gasteiger charge is 2.28. The predicted molar refractivity (Wildman–Crippen MR) is 199 cm³/mol. The highest BCUT2D eigenvalue weighted by Crippen LogP contribution is 2.17. The van der Waals surface area contributed by atoms with E-state index in [1.54, 1.807) is 0 Å². The average Bonchev–Trinajstić information content (AvgIpc) is 3.03. The summed E-state index contributed by atoms with van der Waals surface area (Å²) in [6.45, 7) is 4.50. The molecule has 0 aliphatic carbocycles. The van der Waals surface area contributed by atoms with Gasteiger partial charge in [-0.3, -0.25) is 9.35 Å². The molecule has 0 fully saturated rings. The highest BCUT2D eigenvalue weighted by atomic mass is 32.2. The van der Waals surface area contributed by atoms with Gasteiger partial charge in [-0.05, 0) is 12.8 Å². The second kappa shape index (κ2) is 33.8. The van der Waals surface area contributed by atoms with Crippen LogP contribution in [0.3, 0.4) is 0 Å². The minimum Gasteiger partial charge on any atom is -0.391 e. The average molecular weight is 690 g/mol. The summed E-state index contributed by atoms with van der Waals surface area (Å²) in [5, 5.41) is 23.5. The van der Waals surface area contributed by atoms with E-state index >= 15 is 0 Å². The van der Waals surface area contributed by atoms with Crippen LogP contribution >= 0.6 is 0 Å². The Morgan fingerprint density at radius 1 is 0.489 bits per heavy atom. The van der Waals surface area contributed by atoms with Gasteiger partial charge in [-0.1, -0.05) is 206 Å². The molecule has 7 nitrogen and oxygen atoms in total. The van der Waals surface area contributed by atoms with Crippen LogP contribution in [0.15, 0.2) is 0 Å². The summed E-state index contributed by atoms with van der Waals surface area (Å²) >= 11 is 0. The van der Waals surface area contributed by atoms with Crippen LogP contribution in [-0.2, 0) is 14.9 Å². The van der Waals surface area contributed by atoms with Crippen LogP contribution in [0.4, 0.5) is 0 Å². The molecule has 282 valence electrons. The van der Waals surface area contributed by atoms with Gasteiger partial charge in [0.2, 0.25) is 5.91 Å². The number of nitrogens with one attached hydrogen (secondary N) is 1. The summed E-state index contributed by atoms with van der Waals surface area (Å²) in [6, 6.07) is -1.14. The second-order valence-corrected chi connectivity index (χ2v) is 15.9. The summed E-state index contributed by atoms with van der Waals surface area (Å²) < 4.78 is 32.5. The molecule has 4 N–H and O–H groups in total. The number of rotatable bonds is 37. The largest absolute Gasteiger partial charge is 0.391 e. The molecule has 8 heteroatoms. The van der Waals surface area contributed by atoms with Gasteiger partial charge in [-0.15, -0.1) is 0 Å². The molecule has 0 aromatic heterocycles. The number of aliphatic hydroxyl groups is 2. The molecule has 3 unspecified atom stereocenters. The molecule has 0 saturated carbocycles. The number of hydrogen-bond acceptors (Lipinski definition) is 5. The highest BCUT2D eigenvalue weighted by molar-refractivity contribution is 7.85. The summed E-state index contributed by atoms with van der Waals surface area (Å²) in [5.74, 6) is -1.44. The molecule has 0 rings (SSSR count). The maximum atomic E-state index is 12.6. The molecule has 1 amide bonds. The van der Waals surface area contributed by atoms with E-state index in [1.807, 2.05) is 0 Å². The molecule has 0 spiro atoms. The molecule has 0 heterocycles. The number of amides is 1. The zero-order chi connectivity index (χ0) is 34.9. The first-order chi connectivity index (χ1) is 22.7. The summed E-state index contributed by atoms with van der Waals surface area (Å²) in [4.78, 5) is 12.6. The van der Waals surface area contributed by atoms with E-state index < -0.39 is 40.0 Å². The SMILES string of the molecule is CCCCCCCCCCCCCCCCCCCCCC(O)C(CS(=O)(=O)O)NC(=O)C(O)CCCCCCCCCCCCC. The van der Waals surface area contributed by atoms with Gasteiger partial charge in [0.15, 0.2) is 0 Å². The smallest absolute Gasteiger partial charge is 0.266 e. The van der Waals surface area contributed by atoms with Gasteiger partial charge < -0.3 is 15.5 Å². The normalized spacial score (nSPS) is 13.9. The van der Waals surface area contributed by atoms with Gasteiger partial charge in [0.05, 0.1) is 17.9 Å². The number of aliphatic hydroxyl groups excluding tert-OH is 2. The van der Waals surface area contributed by atoms with Crippen LogP contribution in [0, 0.1) is 0 Å². The summed E-state index contributed by atoms with van der Waals surface area (Å²) in [5.41, 5.74) is 0. The molecule has 0 aliphatic heterocycles. The third kappa shape index (κ3) is 33.6. The maximum absolute atomic E-state index is 12.6. The first-order valence-corrected chi connectivity index (χ1v) is 21.9. The molecule has 3 atom stereocenters. The minimum atomic E-state index is -4.40. The van der Waals surface area contributed by atoms with E-state index in [1.165, 1.54) is 141 Å². The van der Waals surface area contributed by atoms with Crippen molar-refractivity contribution >= 4 is 16.0 Å². The molecule has 0 aromatic rings. The lowest BCUT2D eigenvalue weighted by Crippen LogP contribution is -2.50. The molecule has 0 aliphatic rings. The van der Waals surface area contributed by atoms with Crippen molar-refractivity contribution in [3.63, 3.8) is 0 Å². The van der Waals surface area contributed by atoms with Gasteiger partial charge in [0.25, 0.3) is 10.1 Å².